The number of cyclic esters (lactones) is 2. The van der Waals surface area contributed by atoms with Crippen molar-refractivity contribution in [3.63, 3.8) is 0 Å². The zero-order chi connectivity index (χ0) is 20.5. The van der Waals surface area contributed by atoms with Crippen LogP contribution >= 0.6 is 0 Å². The number of hydrogen-bond acceptors (Lipinski definition) is 13. The summed E-state index contributed by atoms with van der Waals surface area (Å²) in [6.07, 6.45) is -6.32. The molecule has 3 heterocycles. The minimum Gasteiger partial charge on any atom is -0.427 e. The number of ketones is 2. The Hall–Kier alpha value is -1.65. The Morgan fingerprint density at radius 2 is 1.14 bits per heavy atom. The molecule has 4 atom stereocenters. The van der Waals surface area contributed by atoms with Gasteiger partial charge in [-0.1, -0.05) is 0 Å². The Labute approximate surface area is 159 Å². The third-order valence-electron chi connectivity index (χ3n) is 3.98. The van der Waals surface area contributed by atoms with Crippen molar-refractivity contribution < 1.29 is 57.4 Å². The van der Waals surface area contributed by atoms with E-state index in [1.165, 1.54) is 0 Å². The van der Waals surface area contributed by atoms with E-state index in [0.29, 0.717) is 0 Å². The fourth-order valence-electron chi connectivity index (χ4n) is 2.85. The molecule has 0 aliphatic carbocycles. The van der Waals surface area contributed by atoms with E-state index in [9.17, 15) is 31.2 Å². The first-order chi connectivity index (χ1) is 13.0. The smallest absolute Gasteiger partial charge is 0.427 e. The number of ether oxygens (including phenoxy) is 2. The highest BCUT2D eigenvalue weighted by molar-refractivity contribution is 7.82. The Morgan fingerprint density at radius 3 is 1.46 bits per heavy atom. The molecule has 0 saturated carbocycles. The molecule has 0 aromatic heterocycles. The summed E-state index contributed by atoms with van der Waals surface area (Å²) in [7, 11) is -8.19. The van der Waals surface area contributed by atoms with Gasteiger partial charge in [-0.15, -0.1) is 0 Å². The van der Waals surface area contributed by atoms with Crippen LogP contribution in [0.2, 0.25) is 0 Å². The van der Waals surface area contributed by atoms with E-state index in [4.69, 9.17) is 9.47 Å². The molecule has 3 rings (SSSR count). The lowest BCUT2D eigenvalue weighted by Gasteiger charge is -2.15. The highest BCUT2D eigenvalue weighted by atomic mass is 32.3. The molecule has 0 N–H and O–H groups in total. The van der Waals surface area contributed by atoms with E-state index in [2.05, 4.69) is 16.7 Å². The maximum absolute atomic E-state index is 12.1. The number of rotatable bonds is 8. The Balaban J connectivity index is 1.49. The molecule has 4 unspecified atom stereocenters. The van der Waals surface area contributed by atoms with Crippen molar-refractivity contribution in [3.8, 4) is 0 Å². The molecule has 0 bridgehead atoms. The van der Waals surface area contributed by atoms with Gasteiger partial charge in [0.15, 0.2) is 0 Å². The van der Waals surface area contributed by atoms with Gasteiger partial charge in [0.1, 0.15) is 36.0 Å². The average Bonchev–Trinajstić information content (AvgIpc) is 3.17. The molecular weight excluding hydrogens is 428 g/mol. The number of Topliss-reactive ketones (excluding diaryl/α,β-unsaturated/α-hetero) is 2. The van der Waals surface area contributed by atoms with E-state index in [0.717, 1.165) is 0 Å². The highest BCUT2D eigenvalue weighted by Crippen LogP contribution is 2.25. The summed E-state index contributed by atoms with van der Waals surface area (Å²) >= 11 is 0. The molecule has 0 aromatic rings. The van der Waals surface area contributed by atoms with Crippen molar-refractivity contribution in [1.82, 2.24) is 0 Å². The van der Waals surface area contributed by atoms with Crippen molar-refractivity contribution in [2.24, 2.45) is 0 Å². The van der Waals surface area contributed by atoms with Crippen LogP contribution in [-0.4, -0.2) is 72.2 Å². The van der Waals surface area contributed by atoms with Crippen molar-refractivity contribution in [2.45, 2.75) is 50.1 Å². The zero-order valence-corrected chi connectivity index (χ0v) is 15.8. The minimum atomic E-state index is -4.10. The van der Waals surface area contributed by atoms with Gasteiger partial charge in [0.05, 0.1) is 13.2 Å². The van der Waals surface area contributed by atoms with Crippen LogP contribution in [0.5, 0.6) is 0 Å². The number of carbonyl (C=O) groups is 3. The zero-order valence-electron chi connectivity index (χ0n) is 14.2. The molecule has 0 spiro atoms. The SMILES string of the molecule is O=C(CC1COS(=O)(=O)O1)CC1OC(=O)OC1CC(=O)CC1COS(=O)(=O)O1. The number of hydrogen-bond donors (Lipinski definition) is 0. The molecule has 0 aromatic carbocycles. The van der Waals surface area contributed by atoms with Gasteiger partial charge in [0, 0.05) is 25.7 Å². The third kappa shape index (κ3) is 5.68. The molecule has 3 aliphatic heterocycles. The summed E-state index contributed by atoms with van der Waals surface area (Å²) in [6.45, 7) is -0.605. The second-order valence-corrected chi connectivity index (χ2v) is 8.77. The minimum absolute atomic E-state index is 0.293. The lowest BCUT2D eigenvalue weighted by molar-refractivity contribution is -0.125. The van der Waals surface area contributed by atoms with Crippen molar-refractivity contribution in [1.29, 1.82) is 0 Å². The van der Waals surface area contributed by atoms with Gasteiger partial charge in [0.2, 0.25) is 0 Å². The summed E-state index contributed by atoms with van der Waals surface area (Å²) in [6, 6.07) is 0. The fourth-order valence-corrected chi connectivity index (χ4v) is 4.51. The lowest BCUT2D eigenvalue weighted by Crippen LogP contribution is -2.30. The van der Waals surface area contributed by atoms with Crippen molar-refractivity contribution in [3.05, 3.63) is 0 Å². The summed E-state index contributed by atoms with van der Waals surface area (Å²) in [5, 5.41) is 0. The summed E-state index contributed by atoms with van der Waals surface area (Å²) in [5.74, 6) is -0.963. The van der Waals surface area contributed by atoms with E-state index in [1.807, 2.05) is 0 Å². The molecule has 15 heteroatoms. The molecule has 3 saturated heterocycles. The Bertz CT molecular complexity index is 791. The van der Waals surface area contributed by atoms with Crippen LogP contribution in [0.4, 0.5) is 4.79 Å². The van der Waals surface area contributed by atoms with Gasteiger partial charge in [-0.2, -0.15) is 16.8 Å². The van der Waals surface area contributed by atoms with Crippen LogP contribution in [0.1, 0.15) is 25.7 Å². The summed E-state index contributed by atoms with van der Waals surface area (Å²) in [4.78, 5) is 35.5. The molecule has 158 valence electrons. The average molecular weight is 444 g/mol. The predicted molar refractivity (Wildman–Crippen MR) is 83.1 cm³/mol. The van der Waals surface area contributed by atoms with Gasteiger partial charge in [0.25, 0.3) is 0 Å². The monoisotopic (exact) mass is 444 g/mol. The van der Waals surface area contributed by atoms with Gasteiger partial charge in [-0.25, -0.2) is 21.5 Å². The number of carbonyl (C=O) groups excluding carboxylic acids is 3. The molecular formula is C13H16O13S2. The maximum atomic E-state index is 12.1. The van der Waals surface area contributed by atoms with Crippen molar-refractivity contribution >= 4 is 38.5 Å². The first-order valence-electron chi connectivity index (χ1n) is 8.07. The van der Waals surface area contributed by atoms with Gasteiger partial charge in [-0.05, 0) is 0 Å². The Morgan fingerprint density at radius 1 is 0.750 bits per heavy atom. The standard InChI is InChI=1S/C13H16O13S2/c14-7(1-9-5-21-27(17,18)25-9)3-11-12(24-13(16)23-11)4-8(15)2-10-6-22-28(19,20)26-10/h9-12H,1-6H2. The van der Waals surface area contributed by atoms with Crippen LogP contribution in [0, 0.1) is 0 Å². The quantitative estimate of drug-likeness (QED) is 0.413. The maximum Gasteiger partial charge on any atom is 0.509 e. The molecule has 0 amide bonds. The summed E-state index contributed by atoms with van der Waals surface area (Å²) < 4.78 is 71.7. The van der Waals surface area contributed by atoms with E-state index in [-0.39, 0.29) is 38.9 Å². The van der Waals surface area contributed by atoms with Gasteiger partial charge >= 0.3 is 27.0 Å². The molecule has 28 heavy (non-hydrogen) atoms. The first kappa shape index (κ1) is 21.1. The largest absolute Gasteiger partial charge is 0.509 e. The molecule has 13 nitrogen and oxygen atoms in total. The van der Waals surface area contributed by atoms with E-state index < -0.39 is 62.9 Å². The molecule has 3 aliphatic rings. The predicted octanol–water partition coefficient (Wildman–Crippen LogP) is -1.09. The highest BCUT2D eigenvalue weighted by Gasteiger charge is 2.41. The molecule has 3 fully saturated rings. The van der Waals surface area contributed by atoms with Crippen molar-refractivity contribution in [2.75, 3.05) is 13.2 Å². The summed E-state index contributed by atoms with van der Waals surface area (Å²) in [5.41, 5.74) is 0. The second-order valence-electron chi connectivity index (χ2n) is 6.28. The van der Waals surface area contributed by atoms with E-state index >= 15 is 0 Å². The van der Waals surface area contributed by atoms with Gasteiger partial charge < -0.3 is 9.47 Å². The van der Waals surface area contributed by atoms with Crippen LogP contribution in [0.15, 0.2) is 0 Å². The Kier molecular flexibility index (Phi) is 6.02. The second kappa shape index (κ2) is 8.00. The third-order valence-corrected chi connectivity index (χ3v) is 5.85. The van der Waals surface area contributed by atoms with Crippen LogP contribution in [0.25, 0.3) is 0 Å². The normalized spacial score (nSPS) is 33.4. The van der Waals surface area contributed by atoms with Gasteiger partial charge in [-0.3, -0.25) is 9.59 Å². The van der Waals surface area contributed by atoms with Crippen LogP contribution in [0.3, 0.4) is 0 Å². The fraction of sp³-hybridized carbons (Fsp3) is 0.769. The lowest BCUT2D eigenvalue weighted by atomic mass is 9.99. The van der Waals surface area contributed by atoms with Crippen LogP contribution < -0.4 is 0 Å². The van der Waals surface area contributed by atoms with E-state index in [1.54, 1.807) is 0 Å². The first-order valence-corrected chi connectivity index (χ1v) is 10.7. The topological polar surface area (TPSA) is 175 Å². The van der Waals surface area contributed by atoms with Crippen LogP contribution in [-0.2, 0) is 56.6 Å². The molecule has 0 radical (unpaired) electrons.